The number of nitrogens with zero attached hydrogens (tertiary/aromatic N) is 1. The highest BCUT2D eigenvalue weighted by Crippen LogP contribution is 2.31. The van der Waals surface area contributed by atoms with Gasteiger partial charge in [0, 0.05) is 37.2 Å². The molecule has 2 amide bonds. The van der Waals surface area contributed by atoms with E-state index in [1.807, 2.05) is 36.4 Å². The van der Waals surface area contributed by atoms with Crippen molar-refractivity contribution in [1.29, 1.82) is 0 Å². The fourth-order valence-corrected chi connectivity index (χ4v) is 3.70. The van der Waals surface area contributed by atoms with Crippen molar-refractivity contribution in [3.05, 3.63) is 83.3 Å². The molecule has 7 heteroatoms. The zero-order valence-electron chi connectivity index (χ0n) is 16.9. The Hall–Kier alpha value is -3.74. The van der Waals surface area contributed by atoms with Gasteiger partial charge in [-0.3, -0.25) is 9.59 Å². The normalized spacial score (nSPS) is 15.9. The highest BCUT2D eigenvalue weighted by Gasteiger charge is 2.21. The maximum atomic E-state index is 14.8. The molecular formula is C24H23FN4O2. The monoisotopic (exact) mass is 418 g/mol. The smallest absolute Gasteiger partial charge is 0.254 e. The number of nitrogens with two attached hydrogens (primary N) is 1. The highest BCUT2D eigenvalue weighted by molar-refractivity contribution is 5.95. The minimum absolute atomic E-state index is 0.0302. The summed E-state index contributed by atoms with van der Waals surface area (Å²) >= 11 is 0. The molecule has 3 aromatic rings. The standard InChI is InChI=1S/C24H23FN4O2/c25-21-11-16(6-8-19(21)24(31)29-12-15-4-2-1-3-5-15)20-10-18(14-28-23(20)26)17-7-9-22(30)27-13-17/h1-6,8,10-11,14,17H,7,9,12-13H2,(H2,26,28)(H,27,30)(H,29,31). The Morgan fingerprint density at radius 2 is 2.00 bits per heavy atom. The third kappa shape index (κ3) is 4.71. The van der Waals surface area contributed by atoms with Gasteiger partial charge in [-0.2, -0.15) is 0 Å². The molecule has 1 unspecified atom stereocenters. The predicted molar refractivity (Wildman–Crippen MR) is 117 cm³/mol. The van der Waals surface area contributed by atoms with Crippen LogP contribution in [0.2, 0.25) is 0 Å². The van der Waals surface area contributed by atoms with Crippen molar-refractivity contribution in [2.24, 2.45) is 0 Å². The first-order valence-corrected chi connectivity index (χ1v) is 10.2. The van der Waals surface area contributed by atoms with Crippen molar-refractivity contribution in [2.45, 2.75) is 25.3 Å². The molecule has 0 spiro atoms. The molecule has 2 heterocycles. The maximum absolute atomic E-state index is 14.8. The molecule has 1 fully saturated rings. The minimum atomic E-state index is -0.627. The van der Waals surface area contributed by atoms with Gasteiger partial charge in [0.25, 0.3) is 5.91 Å². The second-order valence-electron chi connectivity index (χ2n) is 7.60. The van der Waals surface area contributed by atoms with Crippen LogP contribution >= 0.6 is 0 Å². The van der Waals surface area contributed by atoms with E-state index in [-0.39, 0.29) is 23.2 Å². The van der Waals surface area contributed by atoms with Gasteiger partial charge in [-0.05, 0) is 41.3 Å². The molecule has 0 bridgehead atoms. The second-order valence-corrected chi connectivity index (χ2v) is 7.60. The number of nitrogen functional groups attached to an aromatic ring is 1. The molecule has 1 aliphatic heterocycles. The fourth-order valence-electron chi connectivity index (χ4n) is 3.70. The van der Waals surface area contributed by atoms with Crippen LogP contribution in [0, 0.1) is 5.82 Å². The number of rotatable bonds is 5. The Labute approximate surface area is 179 Å². The van der Waals surface area contributed by atoms with E-state index in [4.69, 9.17) is 5.73 Å². The van der Waals surface area contributed by atoms with Crippen molar-refractivity contribution >= 4 is 17.6 Å². The van der Waals surface area contributed by atoms with Crippen molar-refractivity contribution in [1.82, 2.24) is 15.6 Å². The van der Waals surface area contributed by atoms with Gasteiger partial charge in [0.15, 0.2) is 0 Å². The molecule has 0 radical (unpaired) electrons. The summed E-state index contributed by atoms with van der Waals surface area (Å²) < 4.78 is 14.8. The van der Waals surface area contributed by atoms with Gasteiger partial charge in [0.2, 0.25) is 5.91 Å². The molecule has 1 saturated heterocycles. The number of benzene rings is 2. The first kappa shape index (κ1) is 20.5. The number of amides is 2. The summed E-state index contributed by atoms with van der Waals surface area (Å²) in [6.45, 7) is 0.858. The average Bonchev–Trinajstić information content (AvgIpc) is 2.79. The number of hydrogen-bond donors (Lipinski definition) is 3. The molecule has 4 N–H and O–H groups in total. The number of pyridine rings is 1. The van der Waals surface area contributed by atoms with Crippen LogP contribution in [0.3, 0.4) is 0 Å². The van der Waals surface area contributed by atoms with Crippen LogP contribution in [0.1, 0.15) is 40.2 Å². The maximum Gasteiger partial charge on any atom is 0.254 e. The predicted octanol–water partition coefficient (Wildman–Crippen LogP) is 3.39. The lowest BCUT2D eigenvalue weighted by Gasteiger charge is -2.23. The van der Waals surface area contributed by atoms with Crippen LogP contribution in [0.15, 0.2) is 60.8 Å². The van der Waals surface area contributed by atoms with Crippen LogP contribution < -0.4 is 16.4 Å². The van der Waals surface area contributed by atoms with Crippen molar-refractivity contribution < 1.29 is 14.0 Å². The van der Waals surface area contributed by atoms with E-state index < -0.39 is 11.7 Å². The summed E-state index contributed by atoms with van der Waals surface area (Å²) in [5.41, 5.74) is 9.04. The first-order chi connectivity index (χ1) is 15.0. The third-order valence-corrected chi connectivity index (χ3v) is 5.50. The van der Waals surface area contributed by atoms with E-state index in [2.05, 4.69) is 15.6 Å². The van der Waals surface area contributed by atoms with Crippen molar-refractivity contribution in [3.63, 3.8) is 0 Å². The number of nitrogens with one attached hydrogen (secondary N) is 2. The number of halogens is 1. The molecule has 4 rings (SSSR count). The van der Waals surface area contributed by atoms with Gasteiger partial charge in [-0.1, -0.05) is 36.4 Å². The Bertz CT molecular complexity index is 1110. The van der Waals surface area contributed by atoms with Crippen molar-refractivity contribution in [2.75, 3.05) is 12.3 Å². The second kappa shape index (κ2) is 8.95. The zero-order valence-corrected chi connectivity index (χ0v) is 16.9. The summed E-state index contributed by atoms with van der Waals surface area (Å²) in [7, 11) is 0. The molecule has 6 nitrogen and oxygen atoms in total. The Balaban J connectivity index is 1.52. The van der Waals surface area contributed by atoms with E-state index in [9.17, 15) is 14.0 Å². The van der Waals surface area contributed by atoms with Gasteiger partial charge < -0.3 is 16.4 Å². The van der Waals surface area contributed by atoms with Gasteiger partial charge in [0.05, 0.1) is 5.56 Å². The van der Waals surface area contributed by atoms with Crippen LogP contribution in [-0.4, -0.2) is 23.3 Å². The molecule has 1 aliphatic rings. The van der Waals surface area contributed by atoms with E-state index >= 15 is 0 Å². The lowest BCUT2D eigenvalue weighted by atomic mass is 9.90. The highest BCUT2D eigenvalue weighted by atomic mass is 19.1. The Morgan fingerprint density at radius 3 is 2.71 bits per heavy atom. The number of piperidine rings is 1. The van der Waals surface area contributed by atoms with Gasteiger partial charge in [0.1, 0.15) is 11.6 Å². The number of hydrogen-bond acceptors (Lipinski definition) is 4. The largest absolute Gasteiger partial charge is 0.383 e. The molecule has 2 aromatic carbocycles. The number of anilines is 1. The van der Waals surface area contributed by atoms with Crippen LogP contribution in [0.5, 0.6) is 0 Å². The molecule has 0 aliphatic carbocycles. The van der Waals surface area contributed by atoms with Gasteiger partial charge >= 0.3 is 0 Å². The molecule has 0 saturated carbocycles. The molecular weight excluding hydrogens is 395 g/mol. The molecule has 1 aromatic heterocycles. The molecule has 1 atom stereocenters. The van der Waals surface area contributed by atoms with Crippen LogP contribution in [0.25, 0.3) is 11.1 Å². The number of carbonyl (C=O) groups is 2. The van der Waals surface area contributed by atoms with E-state index in [0.717, 1.165) is 17.5 Å². The van der Waals surface area contributed by atoms with E-state index in [0.29, 0.717) is 30.6 Å². The molecule has 158 valence electrons. The minimum Gasteiger partial charge on any atom is -0.383 e. The number of carbonyl (C=O) groups excluding carboxylic acids is 2. The average molecular weight is 418 g/mol. The summed E-state index contributed by atoms with van der Waals surface area (Å²) in [4.78, 5) is 28.1. The summed E-state index contributed by atoms with van der Waals surface area (Å²) in [5.74, 6) is -0.645. The van der Waals surface area contributed by atoms with E-state index in [1.54, 1.807) is 12.3 Å². The number of aromatic nitrogens is 1. The van der Waals surface area contributed by atoms with E-state index in [1.165, 1.54) is 12.1 Å². The van der Waals surface area contributed by atoms with Crippen molar-refractivity contribution in [3.8, 4) is 11.1 Å². The summed E-state index contributed by atoms with van der Waals surface area (Å²) in [5, 5.41) is 5.59. The zero-order chi connectivity index (χ0) is 21.8. The van der Waals surface area contributed by atoms with Crippen LogP contribution in [-0.2, 0) is 11.3 Å². The van der Waals surface area contributed by atoms with Crippen LogP contribution in [0.4, 0.5) is 10.2 Å². The fraction of sp³-hybridized carbons (Fsp3) is 0.208. The topological polar surface area (TPSA) is 97.1 Å². The summed E-state index contributed by atoms with van der Waals surface area (Å²) in [6.07, 6.45) is 2.89. The lowest BCUT2D eigenvalue weighted by Crippen LogP contribution is -2.33. The Kier molecular flexibility index (Phi) is 5.93. The van der Waals surface area contributed by atoms with Gasteiger partial charge in [-0.25, -0.2) is 9.37 Å². The first-order valence-electron chi connectivity index (χ1n) is 10.2. The molecule has 31 heavy (non-hydrogen) atoms. The summed E-state index contributed by atoms with van der Waals surface area (Å²) in [6, 6.07) is 15.7. The third-order valence-electron chi connectivity index (χ3n) is 5.50. The SMILES string of the molecule is Nc1ncc(C2CCC(=O)NC2)cc1-c1ccc(C(=O)NCc2ccccc2)c(F)c1. The quantitative estimate of drug-likeness (QED) is 0.592. The lowest BCUT2D eigenvalue weighted by molar-refractivity contribution is -0.122. The van der Waals surface area contributed by atoms with Gasteiger partial charge in [-0.15, -0.1) is 0 Å². The Morgan fingerprint density at radius 1 is 1.19 bits per heavy atom.